The minimum absolute atomic E-state index is 0.962. The summed E-state index contributed by atoms with van der Waals surface area (Å²) in [6.07, 6.45) is 9.40. The minimum Gasteiger partial charge on any atom is -0.370 e. The zero-order valence-electron chi connectivity index (χ0n) is 10.1. The molecule has 16 heavy (non-hydrogen) atoms. The van der Waals surface area contributed by atoms with Crippen LogP contribution in [0.25, 0.3) is 0 Å². The largest absolute Gasteiger partial charge is 0.370 e. The van der Waals surface area contributed by atoms with Gasteiger partial charge in [-0.3, -0.25) is 0 Å². The fourth-order valence-electron chi connectivity index (χ4n) is 2.07. The summed E-state index contributed by atoms with van der Waals surface area (Å²) < 4.78 is 0. The molecule has 1 aromatic heterocycles. The lowest BCUT2D eigenvalue weighted by Crippen LogP contribution is -2.16. The highest BCUT2D eigenvalue weighted by atomic mass is 15.0. The van der Waals surface area contributed by atoms with Crippen molar-refractivity contribution in [1.82, 2.24) is 9.97 Å². The van der Waals surface area contributed by atoms with E-state index in [2.05, 4.69) is 28.3 Å². The van der Waals surface area contributed by atoms with Crippen molar-refractivity contribution in [2.75, 3.05) is 11.9 Å². The van der Waals surface area contributed by atoms with Crippen LogP contribution in [-0.2, 0) is 6.42 Å². The van der Waals surface area contributed by atoms with Gasteiger partial charge in [0.05, 0.1) is 0 Å². The molecule has 3 nitrogen and oxygen atoms in total. The van der Waals surface area contributed by atoms with Crippen LogP contribution in [0.5, 0.6) is 0 Å². The smallest absolute Gasteiger partial charge is 0.129 e. The Morgan fingerprint density at radius 1 is 1.38 bits per heavy atom. The third-order valence-electron chi connectivity index (χ3n) is 3.31. The van der Waals surface area contributed by atoms with E-state index in [4.69, 9.17) is 0 Å². The predicted octanol–water partition coefficient (Wildman–Crippen LogP) is 3.03. The number of aryl methyl sites for hydroxylation is 1. The molecule has 0 amide bonds. The van der Waals surface area contributed by atoms with E-state index >= 15 is 0 Å². The van der Waals surface area contributed by atoms with E-state index < -0.39 is 0 Å². The molecule has 1 aliphatic rings. The van der Waals surface area contributed by atoms with E-state index in [1.54, 1.807) is 6.33 Å². The lowest BCUT2D eigenvalue weighted by molar-refractivity contribution is 0.303. The average Bonchev–Trinajstić information content (AvgIpc) is 2.23. The van der Waals surface area contributed by atoms with E-state index in [0.717, 1.165) is 36.8 Å². The summed E-state index contributed by atoms with van der Waals surface area (Å²) in [5.74, 6) is 1.95. The van der Waals surface area contributed by atoms with Crippen LogP contribution in [0.15, 0.2) is 12.4 Å². The molecule has 1 aromatic rings. The summed E-state index contributed by atoms with van der Waals surface area (Å²) in [6, 6.07) is 2.07. The van der Waals surface area contributed by atoms with Crippen molar-refractivity contribution in [2.45, 2.75) is 45.4 Å². The summed E-state index contributed by atoms with van der Waals surface area (Å²) in [5, 5.41) is 3.39. The Kier molecular flexibility index (Phi) is 4.14. The molecule has 3 heteroatoms. The Hall–Kier alpha value is -1.12. The Morgan fingerprint density at radius 3 is 2.94 bits per heavy atom. The maximum atomic E-state index is 4.25. The summed E-state index contributed by atoms with van der Waals surface area (Å²) >= 11 is 0. The summed E-state index contributed by atoms with van der Waals surface area (Å²) in [7, 11) is 0. The molecule has 2 rings (SSSR count). The van der Waals surface area contributed by atoms with Crippen LogP contribution in [0.4, 0.5) is 5.82 Å². The molecule has 0 atom stereocenters. The fourth-order valence-corrected chi connectivity index (χ4v) is 2.07. The van der Waals surface area contributed by atoms with Gasteiger partial charge in [0.2, 0.25) is 0 Å². The predicted molar refractivity (Wildman–Crippen MR) is 66.5 cm³/mol. The fraction of sp³-hybridized carbons (Fsp3) is 0.692. The number of aromatic nitrogens is 2. The van der Waals surface area contributed by atoms with Gasteiger partial charge in [-0.1, -0.05) is 32.6 Å². The van der Waals surface area contributed by atoms with Crippen LogP contribution in [0, 0.1) is 5.92 Å². The monoisotopic (exact) mass is 219 g/mol. The van der Waals surface area contributed by atoms with Crippen molar-refractivity contribution >= 4 is 5.82 Å². The topological polar surface area (TPSA) is 37.8 Å². The first-order chi connectivity index (χ1) is 7.88. The van der Waals surface area contributed by atoms with Crippen LogP contribution >= 0.6 is 0 Å². The average molecular weight is 219 g/mol. The molecule has 0 saturated heterocycles. The van der Waals surface area contributed by atoms with Crippen molar-refractivity contribution in [3.63, 3.8) is 0 Å². The molecule has 1 aliphatic carbocycles. The molecule has 0 radical (unpaired) electrons. The zero-order chi connectivity index (χ0) is 11.2. The van der Waals surface area contributed by atoms with Gasteiger partial charge in [-0.15, -0.1) is 0 Å². The van der Waals surface area contributed by atoms with Crippen LogP contribution < -0.4 is 5.32 Å². The Bertz CT molecular complexity index is 321. The standard InChI is InChI=1S/C13H21N3/c1-2-4-12-9-13(16-10-15-12)14-8-7-11-5-3-6-11/h9-11H,2-8H2,1H3,(H,14,15,16). The van der Waals surface area contributed by atoms with Gasteiger partial charge >= 0.3 is 0 Å². The van der Waals surface area contributed by atoms with Gasteiger partial charge in [0, 0.05) is 18.3 Å². The van der Waals surface area contributed by atoms with Gasteiger partial charge in [0.25, 0.3) is 0 Å². The molecule has 1 N–H and O–H groups in total. The number of nitrogens with zero attached hydrogens (tertiary/aromatic N) is 2. The van der Waals surface area contributed by atoms with Crippen molar-refractivity contribution in [1.29, 1.82) is 0 Å². The second-order valence-electron chi connectivity index (χ2n) is 4.66. The third-order valence-corrected chi connectivity index (χ3v) is 3.31. The molecule has 0 aliphatic heterocycles. The summed E-state index contributed by atoms with van der Waals surface area (Å²) in [5.41, 5.74) is 1.14. The number of rotatable bonds is 6. The Morgan fingerprint density at radius 2 is 2.25 bits per heavy atom. The van der Waals surface area contributed by atoms with E-state index in [1.165, 1.54) is 25.7 Å². The van der Waals surface area contributed by atoms with Crippen molar-refractivity contribution < 1.29 is 0 Å². The zero-order valence-corrected chi connectivity index (χ0v) is 10.1. The van der Waals surface area contributed by atoms with E-state index in [1.807, 2.05) is 0 Å². The van der Waals surface area contributed by atoms with Crippen LogP contribution in [-0.4, -0.2) is 16.5 Å². The van der Waals surface area contributed by atoms with Gasteiger partial charge in [-0.25, -0.2) is 9.97 Å². The Balaban J connectivity index is 1.76. The van der Waals surface area contributed by atoms with Crippen LogP contribution in [0.3, 0.4) is 0 Å². The maximum Gasteiger partial charge on any atom is 0.129 e. The molecule has 0 aromatic carbocycles. The first-order valence-corrected chi connectivity index (χ1v) is 6.43. The number of nitrogens with one attached hydrogen (secondary N) is 1. The molecule has 1 fully saturated rings. The molecular weight excluding hydrogens is 198 g/mol. The van der Waals surface area contributed by atoms with E-state index in [9.17, 15) is 0 Å². The molecular formula is C13H21N3. The lowest BCUT2D eigenvalue weighted by Gasteiger charge is -2.25. The molecule has 0 unspecified atom stereocenters. The van der Waals surface area contributed by atoms with Crippen LogP contribution in [0.2, 0.25) is 0 Å². The molecule has 0 bridgehead atoms. The van der Waals surface area contributed by atoms with Gasteiger partial charge in [0.1, 0.15) is 12.1 Å². The third kappa shape index (κ3) is 3.19. The normalized spacial score (nSPS) is 15.8. The molecule has 1 saturated carbocycles. The summed E-state index contributed by atoms with van der Waals surface area (Å²) in [4.78, 5) is 8.49. The van der Waals surface area contributed by atoms with Gasteiger partial charge in [-0.2, -0.15) is 0 Å². The highest BCUT2D eigenvalue weighted by Crippen LogP contribution is 2.29. The molecule has 1 heterocycles. The van der Waals surface area contributed by atoms with Crippen LogP contribution in [0.1, 0.15) is 44.7 Å². The first-order valence-electron chi connectivity index (χ1n) is 6.43. The number of hydrogen-bond donors (Lipinski definition) is 1. The van der Waals surface area contributed by atoms with Crippen molar-refractivity contribution in [2.24, 2.45) is 5.92 Å². The van der Waals surface area contributed by atoms with Gasteiger partial charge < -0.3 is 5.32 Å². The van der Waals surface area contributed by atoms with Crippen molar-refractivity contribution in [3.05, 3.63) is 18.1 Å². The summed E-state index contributed by atoms with van der Waals surface area (Å²) in [6.45, 7) is 3.22. The molecule has 88 valence electrons. The lowest BCUT2D eigenvalue weighted by atomic mass is 9.83. The SMILES string of the molecule is CCCc1cc(NCCC2CCC2)ncn1. The van der Waals surface area contributed by atoms with Gasteiger partial charge in [0.15, 0.2) is 0 Å². The second kappa shape index (κ2) is 5.83. The molecule has 0 spiro atoms. The van der Waals surface area contributed by atoms with E-state index in [-0.39, 0.29) is 0 Å². The van der Waals surface area contributed by atoms with E-state index in [0.29, 0.717) is 0 Å². The van der Waals surface area contributed by atoms with Crippen molar-refractivity contribution in [3.8, 4) is 0 Å². The quantitative estimate of drug-likeness (QED) is 0.799. The maximum absolute atomic E-state index is 4.25. The minimum atomic E-state index is 0.962. The number of hydrogen-bond acceptors (Lipinski definition) is 3. The highest BCUT2D eigenvalue weighted by molar-refractivity contribution is 5.34. The van der Waals surface area contributed by atoms with Gasteiger partial charge in [-0.05, 0) is 18.8 Å². The Labute approximate surface area is 97.7 Å². The highest BCUT2D eigenvalue weighted by Gasteiger charge is 2.16. The first kappa shape index (κ1) is 11.4. The number of anilines is 1. The second-order valence-corrected chi connectivity index (χ2v) is 4.66.